The summed E-state index contributed by atoms with van der Waals surface area (Å²) in [5, 5.41) is 12.2. The molecule has 3 rings (SSSR count). The second-order valence-corrected chi connectivity index (χ2v) is 10.00. The first-order valence-corrected chi connectivity index (χ1v) is 12.5. The topological polar surface area (TPSA) is 69.0 Å². The van der Waals surface area contributed by atoms with Crippen LogP contribution in [0.1, 0.15) is 42.3 Å². The molecule has 0 fully saturated rings. The predicted molar refractivity (Wildman–Crippen MR) is 138 cm³/mol. The van der Waals surface area contributed by atoms with Crippen molar-refractivity contribution in [1.29, 1.82) is 0 Å². The second kappa shape index (κ2) is 11.5. The van der Waals surface area contributed by atoms with Gasteiger partial charge in [0, 0.05) is 16.7 Å². The Balaban J connectivity index is 1.67. The van der Waals surface area contributed by atoms with Crippen LogP contribution in [0, 0.1) is 13.8 Å². The van der Waals surface area contributed by atoms with Gasteiger partial charge in [-0.05, 0) is 66.8 Å². The summed E-state index contributed by atoms with van der Waals surface area (Å²) in [6.07, 6.45) is 1.78. The maximum Gasteiger partial charge on any atom is 0.234 e. The minimum atomic E-state index is -0.0904. The van der Waals surface area contributed by atoms with Gasteiger partial charge in [0.25, 0.3) is 0 Å². The van der Waals surface area contributed by atoms with Crippen molar-refractivity contribution in [2.24, 2.45) is 0 Å². The summed E-state index contributed by atoms with van der Waals surface area (Å²) in [4.78, 5) is 12.5. The van der Waals surface area contributed by atoms with Gasteiger partial charge in [-0.1, -0.05) is 53.7 Å². The number of thioether (sulfide) groups is 1. The fourth-order valence-corrected chi connectivity index (χ4v) is 4.61. The molecule has 6 nitrogen and oxygen atoms in total. The van der Waals surface area contributed by atoms with Crippen LogP contribution in [-0.2, 0) is 17.9 Å². The summed E-state index contributed by atoms with van der Waals surface area (Å²) in [7, 11) is 0. The molecule has 0 spiro atoms. The number of aryl methyl sites for hydroxylation is 2. The predicted octanol–water partition coefficient (Wildman–Crippen LogP) is 6.28. The fourth-order valence-electron chi connectivity index (χ4n) is 3.46. The van der Waals surface area contributed by atoms with Crippen LogP contribution in [0.25, 0.3) is 0 Å². The van der Waals surface area contributed by atoms with E-state index in [2.05, 4.69) is 64.0 Å². The number of anilines is 1. The van der Waals surface area contributed by atoms with E-state index in [0.717, 1.165) is 32.6 Å². The lowest BCUT2D eigenvalue weighted by molar-refractivity contribution is -0.113. The Bertz CT molecular complexity index is 1120. The highest BCUT2D eigenvalue weighted by Gasteiger charge is 2.16. The van der Waals surface area contributed by atoms with E-state index in [4.69, 9.17) is 4.74 Å². The van der Waals surface area contributed by atoms with Crippen LogP contribution in [0.3, 0.4) is 0 Å². The van der Waals surface area contributed by atoms with Crippen LogP contribution in [-0.4, -0.2) is 26.4 Å². The van der Waals surface area contributed by atoms with Crippen molar-refractivity contribution in [1.82, 2.24) is 14.8 Å². The molecule has 2 aromatic carbocycles. The van der Waals surface area contributed by atoms with Gasteiger partial charge < -0.3 is 10.1 Å². The smallest absolute Gasteiger partial charge is 0.234 e. The average Bonchev–Trinajstić information content (AvgIpc) is 3.12. The van der Waals surface area contributed by atoms with Crippen molar-refractivity contribution in [3.8, 4) is 5.75 Å². The molecule has 8 heteroatoms. The van der Waals surface area contributed by atoms with Gasteiger partial charge in [-0.2, -0.15) is 0 Å². The molecule has 0 bridgehead atoms. The Kier molecular flexibility index (Phi) is 8.74. The van der Waals surface area contributed by atoms with Gasteiger partial charge in [-0.15, -0.1) is 16.8 Å². The summed E-state index contributed by atoms with van der Waals surface area (Å²) in [6.45, 7) is 12.9. The molecule has 0 radical (unpaired) electrons. The molecule has 0 aliphatic heterocycles. The van der Waals surface area contributed by atoms with E-state index in [0.29, 0.717) is 23.4 Å². The molecule has 0 atom stereocenters. The van der Waals surface area contributed by atoms with Crippen LogP contribution >= 0.6 is 27.7 Å². The van der Waals surface area contributed by atoms with Gasteiger partial charge in [0.05, 0.1) is 5.75 Å². The van der Waals surface area contributed by atoms with Crippen LogP contribution in [0.5, 0.6) is 5.75 Å². The Hall–Kier alpha value is -2.58. The largest absolute Gasteiger partial charge is 0.485 e. The van der Waals surface area contributed by atoms with E-state index in [1.54, 1.807) is 6.08 Å². The maximum atomic E-state index is 12.5. The second-order valence-electron chi connectivity index (χ2n) is 8.14. The number of hydrogen-bond donors (Lipinski definition) is 1. The van der Waals surface area contributed by atoms with Gasteiger partial charge in [0.15, 0.2) is 11.0 Å². The summed E-state index contributed by atoms with van der Waals surface area (Å²) in [5.74, 6) is 1.97. The molecule has 0 aliphatic rings. The molecular formula is C25H29BrN4O2S. The highest BCUT2D eigenvalue weighted by Crippen LogP contribution is 2.30. The van der Waals surface area contributed by atoms with Gasteiger partial charge >= 0.3 is 0 Å². The molecule has 33 heavy (non-hydrogen) atoms. The zero-order valence-electron chi connectivity index (χ0n) is 19.4. The van der Waals surface area contributed by atoms with E-state index in [-0.39, 0.29) is 18.3 Å². The Morgan fingerprint density at radius 3 is 2.61 bits per heavy atom. The normalized spacial score (nSPS) is 11.0. The van der Waals surface area contributed by atoms with Gasteiger partial charge in [-0.25, -0.2) is 0 Å². The third-order valence-electron chi connectivity index (χ3n) is 4.89. The van der Waals surface area contributed by atoms with E-state index in [1.165, 1.54) is 11.8 Å². The summed E-state index contributed by atoms with van der Waals surface area (Å²) in [6, 6.07) is 12.0. The summed E-state index contributed by atoms with van der Waals surface area (Å²) in [5.41, 5.74) is 4.14. The van der Waals surface area contributed by atoms with Crippen LogP contribution in [0.2, 0.25) is 0 Å². The fraction of sp³-hybridized carbons (Fsp3) is 0.320. The molecule has 0 saturated heterocycles. The molecule has 174 valence electrons. The SMILES string of the molecule is C=CCn1c(COc2ccc(Br)cc2C(C)C)nnc1SCC(=O)Nc1cc(C)cc(C)c1. The van der Waals surface area contributed by atoms with Crippen molar-refractivity contribution in [3.63, 3.8) is 0 Å². The number of nitrogens with one attached hydrogen (secondary N) is 1. The average molecular weight is 530 g/mol. The lowest BCUT2D eigenvalue weighted by Crippen LogP contribution is -2.15. The lowest BCUT2D eigenvalue weighted by atomic mass is 10.0. The third-order valence-corrected chi connectivity index (χ3v) is 6.35. The number of nitrogens with zero attached hydrogens (tertiary/aromatic N) is 3. The Morgan fingerprint density at radius 1 is 1.21 bits per heavy atom. The highest BCUT2D eigenvalue weighted by molar-refractivity contribution is 9.10. The number of carbonyl (C=O) groups is 1. The maximum absolute atomic E-state index is 12.5. The van der Waals surface area contributed by atoms with E-state index >= 15 is 0 Å². The lowest BCUT2D eigenvalue weighted by Gasteiger charge is -2.15. The molecule has 0 unspecified atom stereocenters. The van der Waals surface area contributed by atoms with Crippen molar-refractivity contribution < 1.29 is 9.53 Å². The monoisotopic (exact) mass is 528 g/mol. The van der Waals surface area contributed by atoms with Gasteiger partial charge in [0.2, 0.25) is 5.91 Å². The molecule has 0 aliphatic carbocycles. The number of carbonyl (C=O) groups excluding carboxylic acids is 1. The number of amides is 1. The first-order valence-electron chi connectivity index (χ1n) is 10.7. The van der Waals surface area contributed by atoms with Crippen molar-refractivity contribution in [3.05, 3.63) is 76.0 Å². The van der Waals surface area contributed by atoms with Crippen molar-refractivity contribution in [2.75, 3.05) is 11.1 Å². The van der Waals surface area contributed by atoms with Crippen LogP contribution < -0.4 is 10.1 Å². The van der Waals surface area contributed by atoms with E-state index < -0.39 is 0 Å². The van der Waals surface area contributed by atoms with Crippen molar-refractivity contribution >= 4 is 39.3 Å². The molecule has 1 aromatic heterocycles. The zero-order chi connectivity index (χ0) is 24.0. The highest BCUT2D eigenvalue weighted by atomic mass is 79.9. The zero-order valence-corrected chi connectivity index (χ0v) is 21.8. The summed E-state index contributed by atoms with van der Waals surface area (Å²) < 4.78 is 9.05. The molecule has 3 aromatic rings. The minimum absolute atomic E-state index is 0.0904. The van der Waals surface area contributed by atoms with E-state index in [9.17, 15) is 4.79 Å². The molecule has 1 N–H and O–H groups in total. The Morgan fingerprint density at radius 2 is 1.94 bits per heavy atom. The Labute approximate surface area is 208 Å². The number of ether oxygens (including phenoxy) is 1. The number of aromatic nitrogens is 3. The minimum Gasteiger partial charge on any atom is -0.485 e. The number of hydrogen-bond acceptors (Lipinski definition) is 5. The van der Waals surface area contributed by atoms with Crippen LogP contribution in [0.15, 0.2) is 58.7 Å². The van der Waals surface area contributed by atoms with E-state index in [1.807, 2.05) is 42.7 Å². The van der Waals surface area contributed by atoms with Crippen LogP contribution in [0.4, 0.5) is 5.69 Å². The molecular weight excluding hydrogens is 500 g/mol. The van der Waals surface area contributed by atoms with Gasteiger partial charge in [0.1, 0.15) is 12.4 Å². The number of benzene rings is 2. The quantitative estimate of drug-likeness (QED) is 0.247. The molecule has 1 heterocycles. The molecule has 0 saturated carbocycles. The first kappa shape index (κ1) is 25.1. The molecule has 1 amide bonds. The van der Waals surface area contributed by atoms with Gasteiger partial charge in [-0.3, -0.25) is 9.36 Å². The first-order chi connectivity index (χ1) is 15.8. The standard InChI is InChI=1S/C25H29BrN4O2S/c1-6-9-30-23(14-32-22-8-7-19(26)13-21(22)16(2)3)28-29-25(30)33-15-24(31)27-20-11-17(4)10-18(5)12-20/h6-8,10-13,16H,1,9,14-15H2,2-5H3,(H,27,31). The number of halogens is 1. The van der Waals surface area contributed by atoms with Crippen molar-refractivity contribution in [2.45, 2.75) is 51.9 Å². The third kappa shape index (κ3) is 6.95. The number of allylic oxidation sites excluding steroid dienone is 1. The number of rotatable bonds is 10. The summed E-state index contributed by atoms with van der Waals surface area (Å²) >= 11 is 4.87.